The molecule has 23 heavy (non-hydrogen) atoms. The lowest BCUT2D eigenvalue weighted by molar-refractivity contribution is 0.249. The van der Waals surface area contributed by atoms with E-state index in [1.165, 1.54) is 25.7 Å². The van der Waals surface area contributed by atoms with Gasteiger partial charge >= 0.3 is 0 Å². The van der Waals surface area contributed by atoms with Crippen molar-refractivity contribution < 1.29 is 0 Å². The molecule has 1 N–H and O–H groups in total. The van der Waals surface area contributed by atoms with Gasteiger partial charge in [0.25, 0.3) is 0 Å². The minimum atomic E-state index is 0.510. The zero-order chi connectivity index (χ0) is 16.7. The van der Waals surface area contributed by atoms with Crippen molar-refractivity contribution in [3.05, 3.63) is 18.5 Å². The maximum Gasteiger partial charge on any atom is 0.193 e. The Balaban J connectivity index is 1.73. The van der Waals surface area contributed by atoms with E-state index in [0.29, 0.717) is 5.92 Å². The molecule has 1 atom stereocenters. The Kier molecular flexibility index (Phi) is 6.93. The van der Waals surface area contributed by atoms with Gasteiger partial charge in [-0.2, -0.15) is 5.10 Å². The van der Waals surface area contributed by atoms with Gasteiger partial charge in [0.2, 0.25) is 0 Å². The minimum Gasteiger partial charge on any atom is -0.356 e. The predicted octanol–water partition coefficient (Wildman–Crippen LogP) is 2.85. The van der Waals surface area contributed by atoms with Crippen molar-refractivity contribution in [3.63, 3.8) is 0 Å². The van der Waals surface area contributed by atoms with Gasteiger partial charge in [-0.3, -0.25) is 9.67 Å². The van der Waals surface area contributed by atoms with Gasteiger partial charge in [-0.1, -0.05) is 26.7 Å². The van der Waals surface area contributed by atoms with Crippen LogP contribution in [0.1, 0.15) is 39.5 Å². The Bertz CT molecular complexity index is 460. The predicted molar refractivity (Wildman–Crippen MR) is 96.5 cm³/mol. The molecule has 0 amide bonds. The lowest BCUT2D eigenvalue weighted by Crippen LogP contribution is -2.43. The van der Waals surface area contributed by atoms with Crippen LogP contribution in [0, 0.1) is 17.8 Å². The van der Waals surface area contributed by atoms with Crippen LogP contribution in [0.15, 0.2) is 23.5 Å². The summed E-state index contributed by atoms with van der Waals surface area (Å²) in [6.07, 6.45) is 9.33. The SMILES string of the molecule is CN=C(NCC(C)Cn1cccn1)N(C)CC1CCC(C)CC1. The fraction of sp³-hybridized carbons (Fsp3) is 0.778. The summed E-state index contributed by atoms with van der Waals surface area (Å²) in [6, 6.07) is 1.97. The number of nitrogens with one attached hydrogen (secondary N) is 1. The quantitative estimate of drug-likeness (QED) is 0.648. The van der Waals surface area contributed by atoms with Gasteiger partial charge in [0, 0.05) is 46.1 Å². The highest BCUT2D eigenvalue weighted by Gasteiger charge is 2.20. The van der Waals surface area contributed by atoms with Crippen molar-refractivity contribution in [2.24, 2.45) is 22.7 Å². The number of aromatic nitrogens is 2. The van der Waals surface area contributed by atoms with Gasteiger partial charge in [-0.15, -0.1) is 0 Å². The lowest BCUT2D eigenvalue weighted by atomic mass is 9.83. The first kappa shape index (κ1) is 17.8. The standard InChI is InChI=1S/C18H33N5/c1-15-6-8-17(9-7-15)14-22(4)18(19-3)20-12-16(2)13-23-11-5-10-21-23/h5,10-11,15-17H,6-9,12-14H2,1-4H3,(H,19,20). The van der Waals surface area contributed by atoms with Gasteiger partial charge in [-0.05, 0) is 36.7 Å². The van der Waals surface area contributed by atoms with E-state index in [1.807, 2.05) is 30.2 Å². The van der Waals surface area contributed by atoms with Crippen molar-refractivity contribution in [2.75, 3.05) is 27.2 Å². The van der Waals surface area contributed by atoms with Crippen LogP contribution in [0.3, 0.4) is 0 Å². The molecule has 5 nitrogen and oxygen atoms in total. The van der Waals surface area contributed by atoms with Crippen LogP contribution in [0.5, 0.6) is 0 Å². The van der Waals surface area contributed by atoms with Crippen molar-refractivity contribution in [3.8, 4) is 0 Å². The Hall–Kier alpha value is -1.52. The van der Waals surface area contributed by atoms with Crippen molar-refractivity contribution in [2.45, 2.75) is 46.1 Å². The van der Waals surface area contributed by atoms with Crippen molar-refractivity contribution in [1.29, 1.82) is 0 Å². The molecule has 0 spiro atoms. The highest BCUT2D eigenvalue weighted by molar-refractivity contribution is 5.79. The second kappa shape index (κ2) is 8.94. The number of nitrogens with zero attached hydrogens (tertiary/aromatic N) is 4. The third-order valence-electron chi connectivity index (χ3n) is 4.91. The number of guanidine groups is 1. The first-order valence-corrected chi connectivity index (χ1v) is 8.97. The smallest absolute Gasteiger partial charge is 0.193 e. The summed E-state index contributed by atoms with van der Waals surface area (Å²) in [5.41, 5.74) is 0. The summed E-state index contributed by atoms with van der Waals surface area (Å²) < 4.78 is 1.99. The van der Waals surface area contributed by atoms with Crippen LogP contribution in [0.2, 0.25) is 0 Å². The molecule has 1 heterocycles. The van der Waals surface area contributed by atoms with E-state index < -0.39 is 0 Å². The average Bonchev–Trinajstić information content (AvgIpc) is 3.03. The maximum atomic E-state index is 4.45. The normalized spacial score (nSPS) is 23.6. The van der Waals surface area contributed by atoms with Crippen molar-refractivity contribution in [1.82, 2.24) is 20.0 Å². The molecule has 130 valence electrons. The summed E-state index contributed by atoms with van der Waals surface area (Å²) >= 11 is 0. The van der Waals surface area contributed by atoms with Crippen LogP contribution >= 0.6 is 0 Å². The second-order valence-corrected chi connectivity index (χ2v) is 7.27. The molecular weight excluding hydrogens is 286 g/mol. The number of hydrogen-bond donors (Lipinski definition) is 1. The Labute approximate surface area is 141 Å². The van der Waals surface area contributed by atoms with Crippen LogP contribution < -0.4 is 5.32 Å². The summed E-state index contributed by atoms with van der Waals surface area (Å²) in [5.74, 6) is 3.25. The second-order valence-electron chi connectivity index (χ2n) is 7.27. The van der Waals surface area contributed by atoms with E-state index in [2.05, 4.69) is 41.2 Å². The largest absolute Gasteiger partial charge is 0.356 e. The van der Waals surface area contributed by atoms with Gasteiger partial charge in [0.15, 0.2) is 5.96 Å². The summed E-state index contributed by atoms with van der Waals surface area (Å²) in [6.45, 7) is 7.58. The van der Waals surface area contributed by atoms with E-state index >= 15 is 0 Å². The molecule has 1 aliphatic carbocycles. The van der Waals surface area contributed by atoms with E-state index in [-0.39, 0.29) is 0 Å². The average molecular weight is 319 g/mol. The van der Waals surface area contributed by atoms with E-state index in [1.54, 1.807) is 0 Å². The van der Waals surface area contributed by atoms with Gasteiger partial charge in [0.1, 0.15) is 0 Å². The Morgan fingerprint density at radius 3 is 2.74 bits per heavy atom. The number of hydrogen-bond acceptors (Lipinski definition) is 2. The fourth-order valence-electron chi connectivity index (χ4n) is 3.43. The van der Waals surface area contributed by atoms with Gasteiger partial charge < -0.3 is 10.2 Å². The summed E-state index contributed by atoms with van der Waals surface area (Å²) in [7, 11) is 4.03. The van der Waals surface area contributed by atoms with E-state index in [9.17, 15) is 0 Å². The third-order valence-corrected chi connectivity index (χ3v) is 4.91. The fourth-order valence-corrected chi connectivity index (χ4v) is 3.43. The monoisotopic (exact) mass is 319 g/mol. The molecule has 0 bridgehead atoms. The molecule has 1 aliphatic rings. The van der Waals surface area contributed by atoms with Crippen LogP contribution in [-0.2, 0) is 6.54 Å². The summed E-state index contributed by atoms with van der Waals surface area (Å²) in [4.78, 5) is 6.74. The zero-order valence-corrected chi connectivity index (χ0v) is 15.2. The lowest BCUT2D eigenvalue weighted by Gasteiger charge is -2.31. The van der Waals surface area contributed by atoms with Crippen molar-refractivity contribution >= 4 is 5.96 Å². The molecule has 5 heteroatoms. The first-order valence-electron chi connectivity index (χ1n) is 8.97. The molecule has 1 aromatic rings. The first-order chi connectivity index (χ1) is 11.1. The molecule has 2 rings (SSSR count). The molecule has 1 fully saturated rings. The van der Waals surface area contributed by atoms with Gasteiger partial charge in [0.05, 0.1) is 0 Å². The Morgan fingerprint density at radius 2 is 2.13 bits per heavy atom. The molecule has 0 aromatic carbocycles. The van der Waals surface area contributed by atoms with E-state index in [0.717, 1.165) is 37.4 Å². The molecule has 1 aromatic heterocycles. The maximum absolute atomic E-state index is 4.45. The highest BCUT2D eigenvalue weighted by atomic mass is 15.3. The number of rotatable bonds is 6. The minimum absolute atomic E-state index is 0.510. The van der Waals surface area contributed by atoms with Crippen LogP contribution in [-0.4, -0.2) is 47.8 Å². The molecule has 0 radical (unpaired) electrons. The molecule has 0 saturated heterocycles. The van der Waals surface area contributed by atoms with Crippen LogP contribution in [0.4, 0.5) is 0 Å². The van der Waals surface area contributed by atoms with Gasteiger partial charge in [-0.25, -0.2) is 0 Å². The number of aliphatic imine (C=N–C) groups is 1. The zero-order valence-electron chi connectivity index (χ0n) is 15.2. The molecular formula is C18H33N5. The molecule has 1 saturated carbocycles. The highest BCUT2D eigenvalue weighted by Crippen LogP contribution is 2.28. The Morgan fingerprint density at radius 1 is 1.39 bits per heavy atom. The van der Waals surface area contributed by atoms with E-state index in [4.69, 9.17) is 0 Å². The molecule has 1 unspecified atom stereocenters. The summed E-state index contributed by atoms with van der Waals surface area (Å²) in [5, 5.41) is 7.78. The topological polar surface area (TPSA) is 45.5 Å². The third kappa shape index (κ3) is 5.88. The van der Waals surface area contributed by atoms with Crippen LogP contribution in [0.25, 0.3) is 0 Å². The molecule has 0 aliphatic heterocycles.